The van der Waals surface area contributed by atoms with Crippen LogP contribution in [0.15, 0.2) is 29.2 Å². The van der Waals surface area contributed by atoms with Gasteiger partial charge in [-0.3, -0.25) is 14.4 Å². The van der Waals surface area contributed by atoms with Gasteiger partial charge in [0, 0.05) is 24.7 Å². The van der Waals surface area contributed by atoms with Crippen molar-refractivity contribution in [3.05, 3.63) is 45.7 Å². The van der Waals surface area contributed by atoms with Crippen molar-refractivity contribution in [1.29, 1.82) is 0 Å². The average molecular weight is 370 g/mol. The number of benzene rings is 1. The van der Waals surface area contributed by atoms with Gasteiger partial charge in [0.15, 0.2) is 0 Å². The Kier molecular flexibility index (Phi) is 4.70. The van der Waals surface area contributed by atoms with Gasteiger partial charge in [-0.2, -0.15) is 0 Å². The Labute approximate surface area is 156 Å². The second kappa shape index (κ2) is 7.15. The highest BCUT2D eigenvalue weighted by molar-refractivity contribution is 5.98. The van der Waals surface area contributed by atoms with E-state index in [0.717, 1.165) is 24.0 Å². The van der Waals surface area contributed by atoms with E-state index in [1.807, 2.05) is 16.7 Å². The SMILES string of the molecule is CCOC(=O)CC1COCCN1C(=O)c1cn2c3c(cccc3c1=O)CC2. The van der Waals surface area contributed by atoms with Gasteiger partial charge in [-0.05, 0) is 25.0 Å². The fourth-order valence-electron chi connectivity index (χ4n) is 3.97. The van der Waals surface area contributed by atoms with Crippen molar-refractivity contribution in [2.24, 2.45) is 0 Å². The third-order valence-electron chi connectivity index (χ3n) is 5.23. The zero-order valence-corrected chi connectivity index (χ0v) is 15.3. The summed E-state index contributed by atoms with van der Waals surface area (Å²) in [6, 6.07) is 5.23. The summed E-state index contributed by atoms with van der Waals surface area (Å²) in [5.74, 6) is -0.718. The van der Waals surface area contributed by atoms with Gasteiger partial charge in [-0.25, -0.2) is 0 Å². The number of morpholine rings is 1. The number of hydrogen-bond acceptors (Lipinski definition) is 5. The molecule has 0 aliphatic carbocycles. The first-order valence-corrected chi connectivity index (χ1v) is 9.29. The largest absolute Gasteiger partial charge is 0.466 e. The van der Waals surface area contributed by atoms with Crippen molar-refractivity contribution in [2.75, 3.05) is 26.4 Å². The Balaban J connectivity index is 1.69. The maximum Gasteiger partial charge on any atom is 0.307 e. The molecule has 27 heavy (non-hydrogen) atoms. The monoisotopic (exact) mass is 370 g/mol. The van der Waals surface area contributed by atoms with Crippen LogP contribution in [0.3, 0.4) is 0 Å². The van der Waals surface area contributed by atoms with E-state index >= 15 is 0 Å². The van der Waals surface area contributed by atoms with Crippen LogP contribution in [-0.2, 0) is 27.2 Å². The maximum atomic E-state index is 13.2. The molecule has 7 heteroatoms. The minimum absolute atomic E-state index is 0.0610. The molecule has 4 rings (SSSR count). The van der Waals surface area contributed by atoms with Crippen molar-refractivity contribution < 1.29 is 19.1 Å². The number of pyridine rings is 1. The van der Waals surface area contributed by atoms with Gasteiger partial charge in [0.1, 0.15) is 5.56 Å². The quantitative estimate of drug-likeness (QED) is 0.760. The lowest BCUT2D eigenvalue weighted by atomic mass is 10.1. The van der Waals surface area contributed by atoms with E-state index in [1.54, 1.807) is 24.1 Å². The zero-order chi connectivity index (χ0) is 19.0. The van der Waals surface area contributed by atoms with Gasteiger partial charge in [-0.1, -0.05) is 12.1 Å². The predicted molar refractivity (Wildman–Crippen MR) is 98.8 cm³/mol. The Morgan fingerprint density at radius 1 is 1.30 bits per heavy atom. The minimum atomic E-state index is -0.426. The number of aryl methyl sites for hydroxylation is 2. The summed E-state index contributed by atoms with van der Waals surface area (Å²) in [6.07, 6.45) is 2.59. The molecule has 142 valence electrons. The molecule has 1 fully saturated rings. The van der Waals surface area contributed by atoms with Crippen LogP contribution in [0, 0.1) is 0 Å². The van der Waals surface area contributed by atoms with Crippen LogP contribution in [-0.4, -0.2) is 53.8 Å². The molecule has 2 aliphatic rings. The third kappa shape index (κ3) is 3.12. The standard InChI is InChI=1S/C20H22N2O5/c1-2-27-17(23)10-14-12-26-9-8-22(14)20(25)16-11-21-7-6-13-4-3-5-15(18(13)21)19(16)24/h3-5,11,14H,2,6-10,12H2,1H3. The number of amides is 1. The predicted octanol–water partition coefficient (Wildman–Crippen LogP) is 1.35. The first-order valence-electron chi connectivity index (χ1n) is 9.29. The van der Waals surface area contributed by atoms with E-state index in [-0.39, 0.29) is 42.5 Å². The highest BCUT2D eigenvalue weighted by Crippen LogP contribution is 2.24. The van der Waals surface area contributed by atoms with Crippen molar-refractivity contribution in [3.8, 4) is 0 Å². The minimum Gasteiger partial charge on any atom is -0.466 e. The summed E-state index contributed by atoms with van der Waals surface area (Å²) in [4.78, 5) is 39.7. The molecule has 1 amide bonds. The number of carbonyl (C=O) groups excluding carboxylic acids is 2. The van der Waals surface area contributed by atoms with Gasteiger partial charge >= 0.3 is 5.97 Å². The molecule has 0 N–H and O–H groups in total. The molecular formula is C20H22N2O5. The first-order chi connectivity index (χ1) is 13.1. The number of nitrogens with zero attached hydrogens (tertiary/aromatic N) is 2. The molecule has 1 atom stereocenters. The van der Waals surface area contributed by atoms with Crippen LogP contribution in [0.25, 0.3) is 10.9 Å². The number of rotatable bonds is 4. The Morgan fingerprint density at radius 3 is 2.96 bits per heavy atom. The fourth-order valence-corrected chi connectivity index (χ4v) is 3.97. The molecule has 2 aromatic rings. The number of hydrogen-bond donors (Lipinski definition) is 0. The van der Waals surface area contributed by atoms with Crippen LogP contribution >= 0.6 is 0 Å². The molecule has 7 nitrogen and oxygen atoms in total. The topological polar surface area (TPSA) is 77.8 Å². The molecule has 1 saturated heterocycles. The van der Waals surface area contributed by atoms with Gasteiger partial charge < -0.3 is 18.9 Å². The maximum absolute atomic E-state index is 13.2. The molecular weight excluding hydrogens is 348 g/mol. The average Bonchev–Trinajstić information content (AvgIpc) is 3.09. The van der Waals surface area contributed by atoms with E-state index in [0.29, 0.717) is 18.5 Å². The highest BCUT2D eigenvalue weighted by Gasteiger charge is 2.32. The fraction of sp³-hybridized carbons (Fsp3) is 0.450. The van der Waals surface area contributed by atoms with Crippen molar-refractivity contribution >= 4 is 22.8 Å². The van der Waals surface area contributed by atoms with Crippen molar-refractivity contribution in [1.82, 2.24) is 9.47 Å². The molecule has 1 aromatic heterocycles. The number of ether oxygens (including phenoxy) is 2. The van der Waals surface area contributed by atoms with E-state index in [4.69, 9.17) is 9.47 Å². The van der Waals surface area contributed by atoms with E-state index in [9.17, 15) is 14.4 Å². The summed E-state index contributed by atoms with van der Waals surface area (Å²) in [6.45, 7) is 3.78. The van der Waals surface area contributed by atoms with E-state index in [2.05, 4.69) is 0 Å². The summed E-state index contributed by atoms with van der Waals surface area (Å²) < 4.78 is 12.4. The second-order valence-corrected chi connectivity index (χ2v) is 6.87. The van der Waals surface area contributed by atoms with Crippen LogP contribution < -0.4 is 5.43 Å². The Hall–Kier alpha value is -2.67. The molecule has 0 spiro atoms. The molecule has 3 heterocycles. The summed E-state index contributed by atoms with van der Waals surface area (Å²) >= 11 is 0. The lowest BCUT2D eigenvalue weighted by Gasteiger charge is -2.35. The third-order valence-corrected chi connectivity index (χ3v) is 5.23. The molecule has 0 bridgehead atoms. The lowest BCUT2D eigenvalue weighted by molar-refractivity contribution is -0.145. The van der Waals surface area contributed by atoms with Crippen molar-refractivity contribution in [2.45, 2.75) is 32.4 Å². The summed E-state index contributed by atoms with van der Waals surface area (Å²) in [5.41, 5.74) is 1.95. The Bertz CT molecular complexity index is 965. The molecule has 0 radical (unpaired) electrons. The Morgan fingerprint density at radius 2 is 2.15 bits per heavy atom. The van der Waals surface area contributed by atoms with Crippen LogP contribution in [0.4, 0.5) is 0 Å². The smallest absolute Gasteiger partial charge is 0.307 e. The second-order valence-electron chi connectivity index (χ2n) is 6.87. The number of aromatic nitrogens is 1. The van der Waals surface area contributed by atoms with Crippen LogP contribution in [0.2, 0.25) is 0 Å². The highest BCUT2D eigenvalue weighted by atomic mass is 16.5. The number of carbonyl (C=O) groups is 2. The number of esters is 1. The molecule has 2 aliphatic heterocycles. The van der Waals surface area contributed by atoms with Gasteiger partial charge in [0.2, 0.25) is 5.43 Å². The normalized spacial score (nSPS) is 18.7. The molecule has 1 aromatic carbocycles. The molecule has 1 unspecified atom stereocenters. The summed E-state index contributed by atoms with van der Waals surface area (Å²) in [7, 11) is 0. The van der Waals surface area contributed by atoms with Crippen molar-refractivity contribution in [3.63, 3.8) is 0 Å². The first kappa shape index (κ1) is 17.7. The van der Waals surface area contributed by atoms with E-state index < -0.39 is 6.04 Å². The summed E-state index contributed by atoms with van der Waals surface area (Å²) in [5, 5.41) is 0.575. The van der Waals surface area contributed by atoms with E-state index in [1.165, 1.54) is 0 Å². The molecule has 0 saturated carbocycles. The zero-order valence-electron chi connectivity index (χ0n) is 15.3. The van der Waals surface area contributed by atoms with Crippen LogP contribution in [0.5, 0.6) is 0 Å². The van der Waals surface area contributed by atoms with Gasteiger partial charge in [0.05, 0.1) is 37.8 Å². The van der Waals surface area contributed by atoms with Gasteiger partial charge in [-0.15, -0.1) is 0 Å². The van der Waals surface area contributed by atoms with Crippen LogP contribution in [0.1, 0.15) is 29.3 Å². The number of para-hydroxylation sites is 1. The van der Waals surface area contributed by atoms with Gasteiger partial charge in [0.25, 0.3) is 5.91 Å². The lowest BCUT2D eigenvalue weighted by Crippen LogP contribution is -2.50.